The van der Waals surface area contributed by atoms with Crippen molar-refractivity contribution in [3.8, 4) is 5.75 Å². The van der Waals surface area contributed by atoms with Crippen LogP contribution in [0.2, 0.25) is 0 Å². The Kier molecular flexibility index (Phi) is 5.74. The van der Waals surface area contributed by atoms with Crippen molar-refractivity contribution in [3.63, 3.8) is 0 Å². The molecule has 0 heterocycles. The number of rotatable bonds is 6. The summed E-state index contributed by atoms with van der Waals surface area (Å²) < 4.78 is 5.13. The van der Waals surface area contributed by atoms with Gasteiger partial charge in [0.15, 0.2) is 0 Å². The number of hydrogen-bond donors (Lipinski definition) is 2. The van der Waals surface area contributed by atoms with Crippen LogP contribution in [-0.4, -0.2) is 25.5 Å². The first-order valence-electron chi connectivity index (χ1n) is 7.37. The van der Waals surface area contributed by atoms with Crippen molar-refractivity contribution in [3.05, 3.63) is 65.7 Å². The average Bonchev–Trinajstić information content (AvgIpc) is 2.60. The predicted molar refractivity (Wildman–Crippen MR) is 88.3 cm³/mol. The minimum atomic E-state index is -0.343. The number of amides is 2. The van der Waals surface area contributed by atoms with E-state index in [1.165, 1.54) is 7.11 Å². The van der Waals surface area contributed by atoms with Gasteiger partial charge in [0, 0.05) is 0 Å². The molecule has 0 aliphatic carbocycles. The number of carbonyl (C=O) groups is 2. The van der Waals surface area contributed by atoms with E-state index in [9.17, 15) is 9.59 Å². The van der Waals surface area contributed by atoms with Crippen LogP contribution in [0.4, 0.5) is 0 Å². The van der Waals surface area contributed by atoms with Crippen LogP contribution in [-0.2, 0) is 4.79 Å². The van der Waals surface area contributed by atoms with Crippen molar-refractivity contribution < 1.29 is 14.3 Å². The minimum Gasteiger partial charge on any atom is -0.496 e. The van der Waals surface area contributed by atoms with Gasteiger partial charge in [-0.1, -0.05) is 42.5 Å². The number of carbonyl (C=O) groups excluding carboxylic acids is 2. The summed E-state index contributed by atoms with van der Waals surface area (Å²) in [7, 11) is 1.50. The van der Waals surface area contributed by atoms with Gasteiger partial charge in [0.25, 0.3) is 5.91 Å². The molecule has 0 spiro atoms. The monoisotopic (exact) mass is 312 g/mol. The van der Waals surface area contributed by atoms with Crippen LogP contribution < -0.4 is 15.4 Å². The molecule has 0 radical (unpaired) electrons. The molecule has 0 aliphatic rings. The third kappa shape index (κ3) is 4.57. The number of hydrogen-bond acceptors (Lipinski definition) is 3. The Morgan fingerprint density at radius 1 is 1.04 bits per heavy atom. The van der Waals surface area contributed by atoms with E-state index >= 15 is 0 Å². The van der Waals surface area contributed by atoms with Crippen LogP contribution in [0.15, 0.2) is 54.6 Å². The fourth-order valence-corrected chi connectivity index (χ4v) is 2.21. The maximum Gasteiger partial charge on any atom is 0.255 e. The molecule has 0 bridgehead atoms. The van der Waals surface area contributed by atoms with E-state index in [1.807, 2.05) is 37.3 Å². The van der Waals surface area contributed by atoms with E-state index in [0.717, 1.165) is 5.56 Å². The van der Waals surface area contributed by atoms with Gasteiger partial charge in [-0.2, -0.15) is 0 Å². The maximum absolute atomic E-state index is 12.1. The van der Waals surface area contributed by atoms with E-state index < -0.39 is 0 Å². The van der Waals surface area contributed by atoms with Crippen LogP contribution in [0.3, 0.4) is 0 Å². The van der Waals surface area contributed by atoms with Gasteiger partial charge >= 0.3 is 0 Å². The summed E-state index contributed by atoms with van der Waals surface area (Å²) in [4.78, 5) is 24.1. The zero-order valence-corrected chi connectivity index (χ0v) is 13.2. The lowest BCUT2D eigenvalue weighted by molar-refractivity contribution is -0.120. The van der Waals surface area contributed by atoms with E-state index in [0.29, 0.717) is 11.3 Å². The number of ether oxygens (including phenoxy) is 1. The zero-order valence-electron chi connectivity index (χ0n) is 13.2. The van der Waals surface area contributed by atoms with Crippen LogP contribution in [0, 0.1) is 0 Å². The van der Waals surface area contributed by atoms with Gasteiger partial charge in [0.05, 0.1) is 25.3 Å². The summed E-state index contributed by atoms with van der Waals surface area (Å²) in [6.07, 6.45) is 0. The molecule has 0 aliphatic heterocycles. The standard InChI is InChI=1S/C18H20N2O3/c1-13(14-8-4-3-5-9-14)20-17(21)12-19-18(22)15-10-6-7-11-16(15)23-2/h3-11,13H,12H2,1-2H3,(H,19,22)(H,20,21)/t13-/m1/s1. The maximum atomic E-state index is 12.1. The second-order valence-electron chi connectivity index (χ2n) is 5.08. The highest BCUT2D eigenvalue weighted by Gasteiger charge is 2.14. The molecule has 5 heteroatoms. The first-order chi connectivity index (χ1) is 11.1. The Morgan fingerprint density at radius 3 is 2.39 bits per heavy atom. The summed E-state index contributed by atoms with van der Waals surface area (Å²) in [6, 6.07) is 16.4. The topological polar surface area (TPSA) is 67.4 Å². The Balaban J connectivity index is 1.88. The smallest absolute Gasteiger partial charge is 0.255 e. The van der Waals surface area contributed by atoms with Crippen LogP contribution in [0.5, 0.6) is 5.75 Å². The quantitative estimate of drug-likeness (QED) is 0.860. The highest BCUT2D eigenvalue weighted by molar-refractivity contribution is 5.98. The van der Waals surface area contributed by atoms with Crippen molar-refractivity contribution in [1.82, 2.24) is 10.6 Å². The summed E-state index contributed by atoms with van der Waals surface area (Å²) in [6.45, 7) is 1.81. The predicted octanol–water partition coefficient (Wildman–Crippen LogP) is 2.30. The van der Waals surface area contributed by atoms with Crippen molar-refractivity contribution in [2.24, 2.45) is 0 Å². The number of methoxy groups -OCH3 is 1. The fraction of sp³-hybridized carbons (Fsp3) is 0.222. The average molecular weight is 312 g/mol. The number of benzene rings is 2. The molecule has 0 saturated carbocycles. The van der Waals surface area contributed by atoms with E-state index in [-0.39, 0.29) is 24.4 Å². The number of para-hydroxylation sites is 1. The fourth-order valence-electron chi connectivity index (χ4n) is 2.21. The summed E-state index contributed by atoms with van der Waals surface area (Å²) in [5.41, 5.74) is 1.41. The lowest BCUT2D eigenvalue weighted by Gasteiger charge is -2.15. The molecule has 2 aromatic rings. The summed E-state index contributed by atoms with van der Waals surface area (Å²) in [5.74, 6) is -0.113. The first-order valence-corrected chi connectivity index (χ1v) is 7.37. The van der Waals surface area contributed by atoms with E-state index in [2.05, 4.69) is 10.6 Å². The third-order valence-corrected chi connectivity index (χ3v) is 3.44. The van der Waals surface area contributed by atoms with E-state index in [4.69, 9.17) is 4.74 Å². The lowest BCUT2D eigenvalue weighted by Crippen LogP contribution is -2.38. The minimum absolute atomic E-state index is 0.0892. The van der Waals surface area contributed by atoms with Crippen molar-refractivity contribution in [2.45, 2.75) is 13.0 Å². The molecule has 2 aromatic carbocycles. The molecule has 0 saturated heterocycles. The summed E-state index contributed by atoms with van der Waals surface area (Å²) >= 11 is 0. The Labute approximate surface area is 135 Å². The molecule has 0 fully saturated rings. The van der Waals surface area contributed by atoms with Gasteiger partial charge in [0.2, 0.25) is 5.91 Å². The molecule has 120 valence electrons. The van der Waals surface area contributed by atoms with Crippen LogP contribution in [0.25, 0.3) is 0 Å². The highest BCUT2D eigenvalue weighted by Crippen LogP contribution is 2.16. The first kappa shape index (κ1) is 16.5. The van der Waals surface area contributed by atoms with Gasteiger partial charge < -0.3 is 15.4 Å². The van der Waals surface area contributed by atoms with Gasteiger partial charge in [0.1, 0.15) is 5.75 Å². The van der Waals surface area contributed by atoms with Crippen LogP contribution in [0.1, 0.15) is 28.9 Å². The SMILES string of the molecule is COc1ccccc1C(=O)NCC(=O)N[C@H](C)c1ccccc1. The van der Waals surface area contributed by atoms with Gasteiger partial charge in [-0.15, -0.1) is 0 Å². The second-order valence-corrected chi connectivity index (χ2v) is 5.08. The highest BCUT2D eigenvalue weighted by atomic mass is 16.5. The van der Waals surface area contributed by atoms with Gasteiger partial charge in [-0.05, 0) is 24.6 Å². The number of nitrogens with one attached hydrogen (secondary N) is 2. The molecule has 2 rings (SSSR count). The van der Waals surface area contributed by atoms with Crippen molar-refractivity contribution in [2.75, 3.05) is 13.7 Å². The normalized spacial score (nSPS) is 11.4. The molecule has 2 N–H and O–H groups in total. The molecule has 5 nitrogen and oxygen atoms in total. The Bertz CT molecular complexity index is 671. The molecule has 23 heavy (non-hydrogen) atoms. The lowest BCUT2D eigenvalue weighted by atomic mass is 10.1. The van der Waals surface area contributed by atoms with Crippen LogP contribution >= 0.6 is 0 Å². The van der Waals surface area contributed by atoms with Gasteiger partial charge in [-0.3, -0.25) is 9.59 Å². The molecule has 0 aromatic heterocycles. The Hall–Kier alpha value is -2.82. The van der Waals surface area contributed by atoms with Crippen molar-refractivity contribution >= 4 is 11.8 Å². The molecule has 0 unspecified atom stereocenters. The van der Waals surface area contributed by atoms with Crippen molar-refractivity contribution in [1.29, 1.82) is 0 Å². The molecular formula is C18H20N2O3. The van der Waals surface area contributed by atoms with E-state index in [1.54, 1.807) is 24.3 Å². The van der Waals surface area contributed by atoms with Gasteiger partial charge in [-0.25, -0.2) is 0 Å². The third-order valence-electron chi connectivity index (χ3n) is 3.44. The second kappa shape index (κ2) is 7.98. The Morgan fingerprint density at radius 2 is 1.70 bits per heavy atom. The summed E-state index contributed by atoms with van der Waals surface area (Å²) in [5, 5.41) is 5.45. The molecule has 1 atom stereocenters. The largest absolute Gasteiger partial charge is 0.496 e. The molecule has 2 amide bonds. The zero-order chi connectivity index (χ0) is 16.7. The molecular weight excluding hydrogens is 292 g/mol.